The largest absolute Gasteiger partial charge is 0.444 e. The predicted octanol–water partition coefficient (Wildman–Crippen LogP) is 4.21. The Morgan fingerprint density at radius 1 is 1.17 bits per heavy atom. The van der Waals surface area contributed by atoms with Gasteiger partial charge in [-0.2, -0.15) is 0 Å². The molecule has 0 fully saturated rings. The molecule has 2 amide bonds. The number of hydrogen-bond donors (Lipinski definition) is 2. The van der Waals surface area contributed by atoms with Crippen molar-refractivity contribution in [3.8, 4) is 10.6 Å². The number of thiophene rings is 1. The van der Waals surface area contributed by atoms with Crippen LogP contribution in [0.5, 0.6) is 0 Å². The molecule has 0 aliphatic rings. The van der Waals surface area contributed by atoms with Crippen LogP contribution in [0.15, 0.2) is 22.7 Å². The third-order valence-corrected chi connectivity index (χ3v) is 5.19. The Bertz CT molecular complexity index is 1060. The highest BCUT2D eigenvalue weighted by molar-refractivity contribution is 7.15. The molecular formula is C21H26N4O4S. The van der Waals surface area contributed by atoms with Gasteiger partial charge in [-0.25, -0.2) is 9.78 Å². The fourth-order valence-corrected chi connectivity index (χ4v) is 3.69. The topological polar surface area (TPSA) is 106 Å². The quantitative estimate of drug-likeness (QED) is 0.567. The Morgan fingerprint density at radius 2 is 1.90 bits per heavy atom. The van der Waals surface area contributed by atoms with E-state index in [9.17, 15) is 9.59 Å². The third-order valence-electron chi connectivity index (χ3n) is 4.16. The fourth-order valence-electron chi connectivity index (χ4n) is 2.86. The Hall–Kier alpha value is -2.94. The minimum absolute atomic E-state index is 0.236. The summed E-state index contributed by atoms with van der Waals surface area (Å²) in [6.45, 7) is 10.0. The molecule has 2 N–H and O–H groups in total. The number of rotatable bonds is 6. The number of carbonyl (C=O) groups is 2. The standard InChI is InChI=1S/C21H26N4O4S/c1-12-7-8-16(30-12)15-11-14(17-13(2)25-29-19(17)24-15)18(26)22-9-6-10-23-20(27)28-21(3,4)5/h7-8,11H,6,9-10H2,1-5H3,(H,22,26)(H,23,27). The van der Waals surface area contributed by atoms with E-state index in [0.717, 1.165) is 9.75 Å². The summed E-state index contributed by atoms with van der Waals surface area (Å²) in [4.78, 5) is 31.2. The van der Waals surface area contributed by atoms with Crippen molar-refractivity contribution in [3.05, 3.63) is 34.3 Å². The van der Waals surface area contributed by atoms with Gasteiger partial charge in [0.05, 0.1) is 27.2 Å². The highest BCUT2D eigenvalue weighted by atomic mass is 32.1. The number of pyridine rings is 1. The van der Waals surface area contributed by atoms with E-state index in [1.165, 1.54) is 0 Å². The molecule has 8 nitrogen and oxygen atoms in total. The smallest absolute Gasteiger partial charge is 0.407 e. The van der Waals surface area contributed by atoms with Gasteiger partial charge >= 0.3 is 6.09 Å². The monoisotopic (exact) mass is 430 g/mol. The van der Waals surface area contributed by atoms with Crippen molar-refractivity contribution in [3.63, 3.8) is 0 Å². The maximum atomic E-state index is 12.9. The molecule has 0 aliphatic carbocycles. The number of fused-ring (bicyclic) bond motifs is 1. The molecule has 0 aromatic carbocycles. The maximum Gasteiger partial charge on any atom is 0.407 e. The average molecular weight is 431 g/mol. The minimum atomic E-state index is -0.541. The summed E-state index contributed by atoms with van der Waals surface area (Å²) >= 11 is 1.60. The van der Waals surface area contributed by atoms with Crippen LogP contribution in [0.2, 0.25) is 0 Å². The van der Waals surface area contributed by atoms with Crippen molar-refractivity contribution < 1.29 is 18.8 Å². The van der Waals surface area contributed by atoms with E-state index in [1.807, 2.05) is 19.1 Å². The molecule has 0 spiro atoms. The SMILES string of the molecule is Cc1ccc(-c2cc(C(=O)NCCCNC(=O)OC(C)(C)C)c3c(C)noc3n2)s1. The lowest BCUT2D eigenvalue weighted by atomic mass is 10.1. The second kappa shape index (κ2) is 8.83. The van der Waals surface area contributed by atoms with Gasteiger partial charge in [-0.15, -0.1) is 11.3 Å². The van der Waals surface area contributed by atoms with Gasteiger partial charge in [0.15, 0.2) is 0 Å². The van der Waals surface area contributed by atoms with Crippen LogP contribution in [0.3, 0.4) is 0 Å². The van der Waals surface area contributed by atoms with Crippen LogP contribution in [-0.2, 0) is 4.74 Å². The first-order chi connectivity index (χ1) is 14.1. The summed E-state index contributed by atoms with van der Waals surface area (Å²) in [7, 11) is 0. The Morgan fingerprint density at radius 3 is 2.57 bits per heavy atom. The van der Waals surface area contributed by atoms with Crippen molar-refractivity contribution in [2.75, 3.05) is 13.1 Å². The highest BCUT2D eigenvalue weighted by Gasteiger charge is 2.20. The summed E-state index contributed by atoms with van der Waals surface area (Å²) < 4.78 is 10.5. The Kier molecular flexibility index (Phi) is 6.40. The van der Waals surface area contributed by atoms with Gasteiger partial charge in [0, 0.05) is 18.0 Å². The molecule has 3 aromatic heterocycles. The van der Waals surface area contributed by atoms with E-state index < -0.39 is 11.7 Å². The lowest BCUT2D eigenvalue weighted by molar-refractivity contribution is 0.0527. The van der Waals surface area contributed by atoms with E-state index >= 15 is 0 Å². The first kappa shape index (κ1) is 21.8. The number of alkyl carbamates (subject to hydrolysis) is 1. The van der Waals surface area contributed by atoms with Gasteiger partial charge in [-0.1, -0.05) is 5.16 Å². The molecule has 0 atom stereocenters. The number of aromatic nitrogens is 2. The molecule has 0 saturated heterocycles. The van der Waals surface area contributed by atoms with Crippen LogP contribution in [-0.4, -0.2) is 40.8 Å². The molecule has 9 heteroatoms. The zero-order valence-electron chi connectivity index (χ0n) is 17.8. The highest BCUT2D eigenvalue weighted by Crippen LogP contribution is 2.30. The van der Waals surface area contributed by atoms with Crippen molar-refractivity contribution >= 4 is 34.4 Å². The molecule has 30 heavy (non-hydrogen) atoms. The van der Waals surface area contributed by atoms with Gasteiger partial charge in [-0.3, -0.25) is 4.79 Å². The van der Waals surface area contributed by atoms with Crippen LogP contribution >= 0.6 is 11.3 Å². The van der Waals surface area contributed by atoms with Crippen LogP contribution in [0.4, 0.5) is 4.79 Å². The summed E-state index contributed by atoms with van der Waals surface area (Å²) in [6, 6.07) is 5.75. The molecule has 0 bridgehead atoms. The summed E-state index contributed by atoms with van der Waals surface area (Å²) in [5, 5.41) is 10.1. The van der Waals surface area contributed by atoms with Crippen LogP contribution < -0.4 is 10.6 Å². The van der Waals surface area contributed by atoms with E-state index in [1.54, 1.807) is 45.1 Å². The predicted molar refractivity (Wildman–Crippen MR) is 116 cm³/mol. The molecule has 0 unspecified atom stereocenters. The molecule has 0 aliphatic heterocycles. The normalized spacial score (nSPS) is 11.5. The summed E-state index contributed by atoms with van der Waals surface area (Å²) in [5.41, 5.74) is 1.56. The number of nitrogens with one attached hydrogen (secondary N) is 2. The van der Waals surface area contributed by atoms with Crippen LogP contribution in [0.1, 0.15) is 48.1 Å². The second-order valence-electron chi connectivity index (χ2n) is 7.95. The lowest BCUT2D eigenvalue weighted by Gasteiger charge is -2.19. The maximum absolute atomic E-state index is 12.9. The molecule has 3 heterocycles. The van der Waals surface area contributed by atoms with Crippen molar-refractivity contribution in [2.45, 2.75) is 46.6 Å². The van der Waals surface area contributed by atoms with Crippen LogP contribution in [0, 0.1) is 13.8 Å². The summed E-state index contributed by atoms with van der Waals surface area (Å²) in [5.74, 6) is -0.236. The van der Waals surface area contributed by atoms with Crippen LogP contribution in [0.25, 0.3) is 21.7 Å². The first-order valence-electron chi connectivity index (χ1n) is 9.73. The van der Waals surface area contributed by atoms with E-state index in [4.69, 9.17) is 9.26 Å². The van der Waals surface area contributed by atoms with Gasteiger partial charge < -0.3 is 19.9 Å². The minimum Gasteiger partial charge on any atom is -0.444 e. The number of hydrogen-bond acceptors (Lipinski definition) is 7. The number of ether oxygens (including phenoxy) is 1. The third kappa shape index (κ3) is 5.35. The number of amides is 2. The molecule has 0 saturated carbocycles. The molecule has 3 aromatic rings. The molecule has 0 radical (unpaired) electrons. The number of aryl methyl sites for hydroxylation is 2. The molecule has 3 rings (SSSR count). The van der Waals surface area contributed by atoms with Crippen molar-refractivity contribution in [2.24, 2.45) is 0 Å². The molecular weight excluding hydrogens is 404 g/mol. The fraction of sp³-hybridized carbons (Fsp3) is 0.429. The summed E-state index contributed by atoms with van der Waals surface area (Å²) in [6.07, 6.45) is 0.0966. The number of carbonyl (C=O) groups excluding carboxylic acids is 2. The van der Waals surface area contributed by atoms with Crippen molar-refractivity contribution in [1.29, 1.82) is 0 Å². The van der Waals surface area contributed by atoms with E-state index in [2.05, 4.69) is 20.8 Å². The van der Waals surface area contributed by atoms with Gasteiger partial charge in [0.1, 0.15) is 5.60 Å². The van der Waals surface area contributed by atoms with Gasteiger partial charge in [-0.05, 0) is 59.2 Å². The Labute approximate surface area is 179 Å². The van der Waals surface area contributed by atoms with E-state index in [0.29, 0.717) is 47.6 Å². The van der Waals surface area contributed by atoms with Gasteiger partial charge in [0.2, 0.25) is 0 Å². The zero-order valence-corrected chi connectivity index (χ0v) is 18.6. The van der Waals surface area contributed by atoms with E-state index in [-0.39, 0.29) is 5.91 Å². The lowest BCUT2D eigenvalue weighted by Crippen LogP contribution is -2.34. The molecule has 160 valence electrons. The first-order valence-corrected chi connectivity index (χ1v) is 10.5. The number of nitrogens with zero attached hydrogens (tertiary/aromatic N) is 2. The van der Waals surface area contributed by atoms with Gasteiger partial charge in [0.25, 0.3) is 11.6 Å². The van der Waals surface area contributed by atoms with Crippen molar-refractivity contribution in [1.82, 2.24) is 20.8 Å². The second-order valence-corrected chi connectivity index (χ2v) is 9.24. The zero-order chi connectivity index (χ0) is 21.9. The Balaban J connectivity index is 1.66. The average Bonchev–Trinajstić information content (AvgIpc) is 3.25.